The van der Waals surface area contributed by atoms with E-state index < -0.39 is 0 Å². The van der Waals surface area contributed by atoms with Gasteiger partial charge < -0.3 is 16.4 Å². The van der Waals surface area contributed by atoms with E-state index in [2.05, 4.69) is 20.6 Å². The summed E-state index contributed by atoms with van der Waals surface area (Å²) in [6.45, 7) is 0. The first kappa shape index (κ1) is 8.89. The van der Waals surface area contributed by atoms with Crippen molar-refractivity contribution in [3.63, 3.8) is 0 Å². The van der Waals surface area contributed by atoms with Gasteiger partial charge >= 0.3 is 0 Å². The smallest absolute Gasteiger partial charge is 0.197 e. The second-order valence-electron chi connectivity index (χ2n) is 2.77. The van der Waals surface area contributed by atoms with E-state index in [1.54, 1.807) is 6.20 Å². The average molecular weight is 207 g/mol. The van der Waals surface area contributed by atoms with Crippen LogP contribution in [0.25, 0.3) is 0 Å². The van der Waals surface area contributed by atoms with Crippen LogP contribution in [-0.2, 0) is 0 Å². The molecule has 14 heavy (non-hydrogen) atoms. The lowest BCUT2D eigenvalue weighted by Crippen LogP contribution is -2.49. The Morgan fingerprint density at radius 1 is 1.43 bits per heavy atom. The van der Waals surface area contributed by atoms with Crippen molar-refractivity contribution >= 4 is 23.3 Å². The quantitative estimate of drug-likeness (QED) is 0.559. The molecule has 1 aromatic heterocycles. The number of aliphatic imine (C=N–C) groups is 1. The Morgan fingerprint density at radius 3 is 2.93 bits per heavy atom. The molecule has 1 aliphatic heterocycles. The predicted molar refractivity (Wildman–Crippen MR) is 57.5 cm³/mol. The number of nitrogens with zero attached hydrogens (tertiary/aromatic N) is 2. The summed E-state index contributed by atoms with van der Waals surface area (Å²) < 4.78 is 0. The van der Waals surface area contributed by atoms with Crippen molar-refractivity contribution in [3.05, 3.63) is 30.1 Å². The van der Waals surface area contributed by atoms with Crippen LogP contribution in [0.4, 0.5) is 0 Å². The minimum absolute atomic E-state index is 0.287. The molecule has 6 heteroatoms. The van der Waals surface area contributed by atoms with Crippen molar-refractivity contribution < 1.29 is 0 Å². The van der Waals surface area contributed by atoms with Gasteiger partial charge in [0.2, 0.25) is 0 Å². The second-order valence-corrected chi connectivity index (χ2v) is 3.18. The monoisotopic (exact) mass is 207 g/mol. The lowest BCUT2D eigenvalue weighted by molar-refractivity contribution is 0.640. The zero-order valence-corrected chi connectivity index (χ0v) is 8.08. The van der Waals surface area contributed by atoms with Gasteiger partial charge in [0.25, 0.3) is 0 Å². The minimum Gasteiger partial charge on any atom is -0.370 e. The Bertz CT molecular complexity index is 375. The molecule has 0 bridgehead atoms. The molecular weight excluding hydrogens is 198 g/mol. The van der Waals surface area contributed by atoms with Crippen LogP contribution < -0.4 is 16.4 Å². The topological polar surface area (TPSA) is 75.3 Å². The van der Waals surface area contributed by atoms with E-state index in [0.29, 0.717) is 11.1 Å². The van der Waals surface area contributed by atoms with Crippen LogP contribution in [0.2, 0.25) is 0 Å². The number of rotatable bonds is 1. The third kappa shape index (κ3) is 1.80. The lowest BCUT2D eigenvalue weighted by atomic mass is 10.3. The molecule has 0 saturated carbocycles. The fraction of sp³-hybridized carbons (Fsp3) is 0.125. The number of thiocarbonyl (C=S) groups is 1. The molecule has 0 aromatic carbocycles. The molecule has 0 spiro atoms. The molecule has 5 nitrogen and oxygen atoms in total. The fourth-order valence-corrected chi connectivity index (χ4v) is 1.37. The summed E-state index contributed by atoms with van der Waals surface area (Å²) in [4.78, 5) is 8.28. The van der Waals surface area contributed by atoms with Crippen LogP contribution in [0.5, 0.6) is 0 Å². The van der Waals surface area contributed by atoms with E-state index in [0.717, 1.165) is 5.69 Å². The SMILES string of the molecule is NC1=NC(c2ccccn2)NC(=S)N1. The van der Waals surface area contributed by atoms with Gasteiger partial charge in [0.15, 0.2) is 17.2 Å². The second kappa shape index (κ2) is 3.59. The highest BCUT2D eigenvalue weighted by Crippen LogP contribution is 2.12. The standard InChI is InChI=1S/C8H9N5S/c9-7-11-6(12-8(14)13-7)5-3-1-2-4-10-5/h1-4,6H,(H4,9,11,12,13,14). The summed E-state index contributed by atoms with van der Waals surface area (Å²) in [6.07, 6.45) is 1.42. The fourth-order valence-electron chi connectivity index (χ4n) is 1.16. The van der Waals surface area contributed by atoms with Gasteiger partial charge in [-0.1, -0.05) is 6.07 Å². The molecular formula is C8H9N5S. The van der Waals surface area contributed by atoms with Gasteiger partial charge in [0, 0.05) is 6.20 Å². The molecule has 0 saturated heterocycles. The van der Waals surface area contributed by atoms with Crippen LogP contribution in [0, 0.1) is 0 Å². The molecule has 72 valence electrons. The summed E-state index contributed by atoms with van der Waals surface area (Å²) in [5.74, 6) is 0.310. The normalized spacial score (nSPS) is 20.7. The number of hydrogen-bond acceptors (Lipinski definition) is 4. The summed E-state index contributed by atoms with van der Waals surface area (Å²) in [5.41, 5.74) is 6.33. The molecule has 1 aromatic rings. The van der Waals surface area contributed by atoms with Gasteiger partial charge in [0.05, 0.1) is 5.69 Å². The third-order valence-corrected chi connectivity index (χ3v) is 1.97. The summed E-state index contributed by atoms with van der Waals surface area (Å²) in [6, 6.07) is 5.60. The molecule has 2 heterocycles. The van der Waals surface area contributed by atoms with Gasteiger partial charge in [-0.2, -0.15) is 0 Å². The molecule has 0 fully saturated rings. The number of aromatic nitrogens is 1. The van der Waals surface area contributed by atoms with Crippen molar-refractivity contribution in [1.82, 2.24) is 15.6 Å². The summed E-state index contributed by atoms with van der Waals surface area (Å²) in [5, 5.41) is 6.12. The highest BCUT2D eigenvalue weighted by atomic mass is 32.1. The molecule has 2 rings (SSSR count). The number of hydrogen-bond donors (Lipinski definition) is 3. The Labute approximate surface area is 86.4 Å². The molecule has 4 N–H and O–H groups in total. The van der Waals surface area contributed by atoms with E-state index >= 15 is 0 Å². The zero-order valence-electron chi connectivity index (χ0n) is 7.27. The highest BCUT2D eigenvalue weighted by Gasteiger charge is 2.17. The summed E-state index contributed by atoms with van der Waals surface area (Å²) in [7, 11) is 0. The maximum Gasteiger partial charge on any atom is 0.197 e. The Morgan fingerprint density at radius 2 is 2.29 bits per heavy atom. The van der Waals surface area contributed by atoms with Gasteiger partial charge in [-0.05, 0) is 24.4 Å². The number of nitrogens with one attached hydrogen (secondary N) is 2. The van der Waals surface area contributed by atoms with E-state index in [-0.39, 0.29) is 6.17 Å². The maximum absolute atomic E-state index is 5.54. The first-order valence-corrected chi connectivity index (χ1v) is 4.48. The van der Waals surface area contributed by atoms with Crippen LogP contribution in [0.3, 0.4) is 0 Å². The van der Waals surface area contributed by atoms with Gasteiger partial charge in [-0.3, -0.25) is 4.98 Å². The predicted octanol–water partition coefficient (Wildman–Crippen LogP) is -0.127. The molecule has 1 unspecified atom stereocenters. The molecule has 1 atom stereocenters. The van der Waals surface area contributed by atoms with E-state index in [1.807, 2.05) is 18.2 Å². The van der Waals surface area contributed by atoms with Gasteiger partial charge in [-0.15, -0.1) is 0 Å². The van der Waals surface area contributed by atoms with Crippen molar-refractivity contribution in [2.24, 2.45) is 10.7 Å². The summed E-state index contributed by atoms with van der Waals surface area (Å²) >= 11 is 4.95. The molecule has 1 aliphatic rings. The first-order chi connectivity index (χ1) is 6.75. The Kier molecular flexibility index (Phi) is 2.28. The Hall–Kier alpha value is -1.69. The molecule has 0 radical (unpaired) electrons. The van der Waals surface area contributed by atoms with Crippen molar-refractivity contribution in [1.29, 1.82) is 0 Å². The van der Waals surface area contributed by atoms with E-state index in [1.165, 1.54) is 0 Å². The lowest BCUT2D eigenvalue weighted by Gasteiger charge is -2.22. The van der Waals surface area contributed by atoms with Crippen LogP contribution >= 0.6 is 12.2 Å². The van der Waals surface area contributed by atoms with Crippen molar-refractivity contribution in [2.75, 3.05) is 0 Å². The van der Waals surface area contributed by atoms with E-state index in [9.17, 15) is 0 Å². The Balaban J connectivity index is 2.28. The average Bonchev–Trinajstić information content (AvgIpc) is 2.18. The van der Waals surface area contributed by atoms with Gasteiger partial charge in [-0.25, -0.2) is 4.99 Å². The maximum atomic E-state index is 5.54. The minimum atomic E-state index is -0.287. The number of guanidine groups is 1. The van der Waals surface area contributed by atoms with Crippen molar-refractivity contribution in [2.45, 2.75) is 6.17 Å². The zero-order chi connectivity index (χ0) is 9.97. The molecule has 0 amide bonds. The van der Waals surface area contributed by atoms with Gasteiger partial charge in [0.1, 0.15) is 0 Å². The number of pyridine rings is 1. The highest BCUT2D eigenvalue weighted by molar-refractivity contribution is 7.80. The number of nitrogens with two attached hydrogens (primary N) is 1. The van der Waals surface area contributed by atoms with Crippen molar-refractivity contribution in [3.8, 4) is 0 Å². The van der Waals surface area contributed by atoms with E-state index in [4.69, 9.17) is 18.0 Å². The van der Waals surface area contributed by atoms with Crippen LogP contribution in [0.1, 0.15) is 11.9 Å². The largest absolute Gasteiger partial charge is 0.370 e. The van der Waals surface area contributed by atoms with Crippen LogP contribution in [0.15, 0.2) is 29.4 Å². The first-order valence-electron chi connectivity index (χ1n) is 4.07. The van der Waals surface area contributed by atoms with Crippen LogP contribution in [-0.4, -0.2) is 16.1 Å². The third-order valence-electron chi connectivity index (χ3n) is 1.75. The molecule has 0 aliphatic carbocycles.